The molecule has 0 saturated carbocycles. The van der Waals surface area contributed by atoms with Gasteiger partial charge in [-0.05, 0) is 12.3 Å². The van der Waals surface area contributed by atoms with Crippen LogP contribution in [0, 0.1) is 5.92 Å². The number of nitrogens with zero attached hydrogens (tertiary/aromatic N) is 1. The quantitative estimate of drug-likeness (QED) is 0.872. The highest BCUT2D eigenvalue weighted by atomic mass is 19.4. The summed E-state index contributed by atoms with van der Waals surface area (Å²) in [5.41, 5.74) is -1.89. The van der Waals surface area contributed by atoms with E-state index >= 15 is 0 Å². The van der Waals surface area contributed by atoms with Crippen molar-refractivity contribution in [2.24, 2.45) is 5.92 Å². The Bertz CT molecular complexity index is 409. The molecule has 0 aliphatic rings. The lowest BCUT2D eigenvalue weighted by atomic mass is 10.1. The second kappa shape index (κ2) is 4.67. The standard InChI is InChI=1S/C10H13F3N2O/c1-6(2)3-4-8-14-7(10(11,12)13)5-9(16)15-8/h5-6H,3-4H2,1-2H3,(H,14,15,16). The predicted molar refractivity (Wildman–Crippen MR) is 53.0 cm³/mol. The number of hydrogen-bond donors (Lipinski definition) is 1. The molecule has 0 fully saturated rings. The van der Waals surface area contributed by atoms with Gasteiger partial charge < -0.3 is 4.98 Å². The topological polar surface area (TPSA) is 45.8 Å². The van der Waals surface area contributed by atoms with Crippen LogP contribution in [-0.4, -0.2) is 9.97 Å². The third-order valence-corrected chi connectivity index (χ3v) is 2.04. The van der Waals surface area contributed by atoms with Crippen molar-refractivity contribution in [3.05, 3.63) is 27.9 Å². The summed E-state index contributed by atoms with van der Waals surface area (Å²) in [4.78, 5) is 16.7. The van der Waals surface area contributed by atoms with Gasteiger partial charge in [0.15, 0.2) is 5.69 Å². The van der Waals surface area contributed by atoms with Crippen LogP contribution in [0.1, 0.15) is 31.8 Å². The van der Waals surface area contributed by atoms with Gasteiger partial charge in [0.25, 0.3) is 5.56 Å². The van der Waals surface area contributed by atoms with Crippen LogP contribution < -0.4 is 5.56 Å². The molecule has 1 aromatic rings. The zero-order valence-electron chi connectivity index (χ0n) is 9.06. The number of rotatable bonds is 3. The number of nitrogens with one attached hydrogen (secondary N) is 1. The van der Waals surface area contributed by atoms with E-state index in [1.54, 1.807) is 0 Å². The first-order valence-corrected chi connectivity index (χ1v) is 4.96. The Morgan fingerprint density at radius 1 is 1.44 bits per heavy atom. The van der Waals surface area contributed by atoms with Crippen LogP contribution in [0.2, 0.25) is 0 Å². The fourth-order valence-corrected chi connectivity index (χ4v) is 1.20. The van der Waals surface area contributed by atoms with Gasteiger partial charge in [0, 0.05) is 12.5 Å². The van der Waals surface area contributed by atoms with E-state index < -0.39 is 17.4 Å². The molecule has 0 saturated heterocycles. The highest BCUT2D eigenvalue weighted by Crippen LogP contribution is 2.26. The van der Waals surface area contributed by atoms with Crippen molar-refractivity contribution in [1.29, 1.82) is 0 Å². The highest BCUT2D eigenvalue weighted by Gasteiger charge is 2.33. The number of hydrogen-bond acceptors (Lipinski definition) is 2. The molecule has 0 atom stereocenters. The van der Waals surface area contributed by atoms with Crippen molar-refractivity contribution in [2.75, 3.05) is 0 Å². The van der Waals surface area contributed by atoms with Crippen LogP contribution in [0.3, 0.4) is 0 Å². The maximum atomic E-state index is 12.3. The Labute approximate surface area is 90.7 Å². The first kappa shape index (κ1) is 12.7. The van der Waals surface area contributed by atoms with Gasteiger partial charge in [0.05, 0.1) is 0 Å². The monoisotopic (exact) mass is 234 g/mol. The molecular weight excluding hydrogens is 221 g/mol. The van der Waals surface area contributed by atoms with Crippen LogP contribution in [0.5, 0.6) is 0 Å². The first-order chi connectivity index (χ1) is 7.29. The molecule has 0 bridgehead atoms. The molecule has 0 spiro atoms. The number of H-pyrrole nitrogens is 1. The smallest absolute Gasteiger partial charge is 0.311 e. The van der Waals surface area contributed by atoms with Gasteiger partial charge in [-0.15, -0.1) is 0 Å². The van der Waals surface area contributed by atoms with Gasteiger partial charge in [-0.1, -0.05) is 13.8 Å². The molecule has 1 N–H and O–H groups in total. The van der Waals surface area contributed by atoms with E-state index in [0.717, 1.165) is 0 Å². The Morgan fingerprint density at radius 3 is 2.56 bits per heavy atom. The van der Waals surface area contributed by atoms with Gasteiger partial charge in [0.2, 0.25) is 0 Å². The summed E-state index contributed by atoms with van der Waals surface area (Å²) in [6, 6.07) is 0.471. The molecule has 0 aliphatic heterocycles. The van der Waals surface area contributed by atoms with E-state index in [1.807, 2.05) is 13.8 Å². The molecule has 0 amide bonds. The number of halogens is 3. The largest absolute Gasteiger partial charge is 0.433 e. The third kappa shape index (κ3) is 3.67. The van der Waals surface area contributed by atoms with E-state index in [1.165, 1.54) is 0 Å². The molecule has 1 heterocycles. The summed E-state index contributed by atoms with van der Waals surface area (Å²) < 4.78 is 37.0. The van der Waals surface area contributed by atoms with E-state index in [2.05, 4.69) is 9.97 Å². The van der Waals surface area contributed by atoms with Crippen LogP contribution in [0.4, 0.5) is 13.2 Å². The van der Waals surface area contributed by atoms with Gasteiger partial charge in [-0.25, -0.2) is 4.98 Å². The molecular formula is C10H13F3N2O. The van der Waals surface area contributed by atoms with Gasteiger partial charge in [0.1, 0.15) is 5.82 Å². The van der Waals surface area contributed by atoms with Crippen molar-refractivity contribution in [2.45, 2.75) is 32.9 Å². The van der Waals surface area contributed by atoms with Crippen molar-refractivity contribution in [1.82, 2.24) is 9.97 Å². The van der Waals surface area contributed by atoms with Crippen LogP contribution >= 0.6 is 0 Å². The Morgan fingerprint density at radius 2 is 2.06 bits per heavy atom. The number of aromatic nitrogens is 2. The minimum Gasteiger partial charge on any atom is -0.311 e. The second-order valence-electron chi connectivity index (χ2n) is 4.01. The number of aromatic amines is 1. The molecule has 3 nitrogen and oxygen atoms in total. The molecule has 1 aromatic heterocycles. The summed E-state index contributed by atoms with van der Waals surface area (Å²) in [6.45, 7) is 3.90. The van der Waals surface area contributed by atoms with Gasteiger partial charge in [-0.2, -0.15) is 13.2 Å². The molecule has 1 rings (SSSR count). The average molecular weight is 234 g/mol. The van der Waals surface area contributed by atoms with Gasteiger partial charge >= 0.3 is 6.18 Å². The van der Waals surface area contributed by atoms with Crippen molar-refractivity contribution < 1.29 is 13.2 Å². The fourth-order valence-electron chi connectivity index (χ4n) is 1.20. The van der Waals surface area contributed by atoms with E-state index in [0.29, 0.717) is 24.8 Å². The number of aryl methyl sites for hydroxylation is 1. The molecule has 16 heavy (non-hydrogen) atoms. The molecule has 0 radical (unpaired) electrons. The highest BCUT2D eigenvalue weighted by molar-refractivity contribution is 5.06. The molecule has 0 aliphatic carbocycles. The number of alkyl halides is 3. The average Bonchev–Trinajstić information content (AvgIpc) is 2.12. The van der Waals surface area contributed by atoms with Crippen molar-refractivity contribution in [3.8, 4) is 0 Å². The lowest BCUT2D eigenvalue weighted by Crippen LogP contribution is -2.18. The predicted octanol–water partition coefficient (Wildman–Crippen LogP) is 2.38. The summed E-state index contributed by atoms with van der Waals surface area (Å²) >= 11 is 0. The summed E-state index contributed by atoms with van der Waals surface area (Å²) in [6.07, 6.45) is -3.54. The van der Waals surface area contributed by atoms with E-state index in [-0.39, 0.29) is 5.82 Å². The lowest BCUT2D eigenvalue weighted by molar-refractivity contribution is -0.141. The summed E-state index contributed by atoms with van der Waals surface area (Å²) in [5, 5.41) is 0. The Hall–Kier alpha value is -1.33. The minimum absolute atomic E-state index is 0.0912. The van der Waals surface area contributed by atoms with Crippen molar-refractivity contribution >= 4 is 0 Å². The molecule has 90 valence electrons. The zero-order valence-corrected chi connectivity index (χ0v) is 9.06. The van der Waals surface area contributed by atoms with Crippen LogP contribution in [-0.2, 0) is 12.6 Å². The molecule has 0 unspecified atom stereocenters. The zero-order chi connectivity index (χ0) is 12.3. The van der Waals surface area contributed by atoms with E-state index in [4.69, 9.17) is 0 Å². The van der Waals surface area contributed by atoms with Crippen LogP contribution in [0.15, 0.2) is 10.9 Å². The normalized spacial score (nSPS) is 12.1. The maximum absolute atomic E-state index is 12.3. The van der Waals surface area contributed by atoms with Gasteiger partial charge in [-0.3, -0.25) is 4.79 Å². The molecule has 6 heteroatoms. The summed E-state index contributed by atoms with van der Waals surface area (Å²) in [5.74, 6) is 0.438. The Kier molecular flexibility index (Phi) is 3.72. The Balaban J connectivity index is 2.95. The molecule has 0 aromatic carbocycles. The summed E-state index contributed by atoms with van der Waals surface area (Å²) in [7, 11) is 0. The maximum Gasteiger partial charge on any atom is 0.433 e. The third-order valence-electron chi connectivity index (χ3n) is 2.04. The second-order valence-corrected chi connectivity index (χ2v) is 4.01. The van der Waals surface area contributed by atoms with Crippen molar-refractivity contribution in [3.63, 3.8) is 0 Å². The first-order valence-electron chi connectivity index (χ1n) is 4.96. The fraction of sp³-hybridized carbons (Fsp3) is 0.600. The SMILES string of the molecule is CC(C)CCc1nc(C(F)(F)F)cc(=O)[nH]1. The van der Waals surface area contributed by atoms with Crippen LogP contribution in [0.25, 0.3) is 0 Å². The lowest BCUT2D eigenvalue weighted by Gasteiger charge is -2.08. The minimum atomic E-state index is -4.57. The van der Waals surface area contributed by atoms with E-state index in [9.17, 15) is 18.0 Å².